The Bertz CT molecular complexity index is 633. The number of carboxylic acid groups (broad SMARTS) is 1. The molecule has 176 valence electrons. The number of carboxylic acids is 1. The number of carbonyl (C=O) groups excluding carboxylic acids is 1. The molecular formula is C24H39NO6. The molecule has 1 N–H and O–H groups in total. The van der Waals surface area contributed by atoms with Gasteiger partial charge in [-0.1, -0.05) is 45.2 Å². The van der Waals surface area contributed by atoms with Gasteiger partial charge in [-0.15, -0.1) is 0 Å². The molecule has 0 radical (unpaired) electrons. The summed E-state index contributed by atoms with van der Waals surface area (Å²) >= 11 is 0. The molecule has 1 amide bonds. The van der Waals surface area contributed by atoms with E-state index in [0.29, 0.717) is 38.5 Å². The summed E-state index contributed by atoms with van der Waals surface area (Å²) in [6, 6.07) is 7.29. The van der Waals surface area contributed by atoms with Crippen molar-refractivity contribution in [1.82, 2.24) is 4.90 Å². The van der Waals surface area contributed by atoms with E-state index in [1.807, 2.05) is 38.1 Å². The highest BCUT2D eigenvalue weighted by molar-refractivity contribution is 5.72. The standard InChI is InChI=1S/C24H39NO6/c1-5-8-9-10-15-25(24(28)31-19(4)6-2)16-17-30-21-13-11-20(12-14-21)18-22(23(26)27)29-7-3/h11-14,19,22H,5-10,15-18H2,1-4H3,(H,26,27). The lowest BCUT2D eigenvalue weighted by atomic mass is 10.1. The molecule has 0 fully saturated rings. The van der Waals surface area contributed by atoms with E-state index in [1.54, 1.807) is 11.8 Å². The van der Waals surface area contributed by atoms with Crippen LogP contribution in [0.15, 0.2) is 24.3 Å². The average Bonchev–Trinajstić information content (AvgIpc) is 2.75. The minimum absolute atomic E-state index is 0.106. The van der Waals surface area contributed by atoms with Crippen LogP contribution < -0.4 is 4.74 Å². The molecule has 0 bridgehead atoms. The lowest BCUT2D eigenvalue weighted by molar-refractivity contribution is -0.149. The fraction of sp³-hybridized carbons (Fsp3) is 0.667. The van der Waals surface area contributed by atoms with Gasteiger partial charge in [-0.2, -0.15) is 0 Å². The molecular weight excluding hydrogens is 398 g/mol. The summed E-state index contributed by atoms with van der Waals surface area (Å²) in [5, 5.41) is 9.20. The molecule has 1 aromatic rings. The van der Waals surface area contributed by atoms with Crippen LogP contribution in [0.2, 0.25) is 0 Å². The predicted octanol–water partition coefficient (Wildman–Crippen LogP) is 4.92. The lowest BCUT2D eigenvalue weighted by Crippen LogP contribution is -2.37. The summed E-state index contributed by atoms with van der Waals surface area (Å²) in [5.41, 5.74) is 0.864. The van der Waals surface area contributed by atoms with Crippen LogP contribution in [-0.4, -0.2) is 60.6 Å². The molecule has 0 saturated heterocycles. The van der Waals surface area contributed by atoms with E-state index in [2.05, 4.69) is 6.92 Å². The van der Waals surface area contributed by atoms with Crippen molar-refractivity contribution in [2.24, 2.45) is 0 Å². The normalized spacial score (nSPS) is 12.8. The fourth-order valence-electron chi connectivity index (χ4n) is 2.98. The molecule has 7 heteroatoms. The third-order valence-electron chi connectivity index (χ3n) is 5.03. The smallest absolute Gasteiger partial charge is 0.410 e. The molecule has 7 nitrogen and oxygen atoms in total. The minimum Gasteiger partial charge on any atom is -0.492 e. The topological polar surface area (TPSA) is 85.3 Å². The number of benzene rings is 1. The Morgan fingerprint density at radius 3 is 2.32 bits per heavy atom. The van der Waals surface area contributed by atoms with E-state index >= 15 is 0 Å². The van der Waals surface area contributed by atoms with Crippen LogP contribution in [0.4, 0.5) is 4.79 Å². The van der Waals surface area contributed by atoms with Crippen LogP contribution in [0.1, 0.15) is 65.4 Å². The van der Waals surface area contributed by atoms with E-state index in [-0.39, 0.29) is 12.2 Å². The minimum atomic E-state index is -0.967. The second kappa shape index (κ2) is 15.5. The van der Waals surface area contributed by atoms with E-state index < -0.39 is 12.1 Å². The van der Waals surface area contributed by atoms with Crippen molar-refractivity contribution in [2.75, 3.05) is 26.3 Å². The molecule has 0 aliphatic rings. The van der Waals surface area contributed by atoms with Gasteiger partial charge < -0.3 is 24.2 Å². The van der Waals surface area contributed by atoms with E-state index in [0.717, 1.165) is 37.7 Å². The number of carbonyl (C=O) groups is 2. The van der Waals surface area contributed by atoms with Gasteiger partial charge in [0.05, 0.1) is 6.54 Å². The molecule has 0 aliphatic heterocycles. The maximum Gasteiger partial charge on any atom is 0.410 e. The van der Waals surface area contributed by atoms with Crippen LogP contribution in [0.25, 0.3) is 0 Å². The highest BCUT2D eigenvalue weighted by Gasteiger charge is 2.18. The van der Waals surface area contributed by atoms with Crippen LogP contribution in [-0.2, 0) is 20.7 Å². The number of nitrogens with zero attached hydrogens (tertiary/aromatic N) is 1. The van der Waals surface area contributed by atoms with Crippen LogP contribution >= 0.6 is 0 Å². The Hall–Kier alpha value is -2.28. The van der Waals surface area contributed by atoms with Crippen molar-refractivity contribution >= 4 is 12.1 Å². The van der Waals surface area contributed by atoms with E-state index in [1.165, 1.54) is 0 Å². The number of hydrogen-bond acceptors (Lipinski definition) is 5. The first kappa shape index (κ1) is 26.8. The fourth-order valence-corrected chi connectivity index (χ4v) is 2.98. The Morgan fingerprint density at radius 2 is 1.74 bits per heavy atom. The Balaban J connectivity index is 2.56. The van der Waals surface area contributed by atoms with Crippen molar-refractivity contribution in [3.8, 4) is 5.75 Å². The van der Waals surface area contributed by atoms with Crippen LogP contribution in [0, 0.1) is 0 Å². The van der Waals surface area contributed by atoms with Crippen LogP contribution in [0.5, 0.6) is 5.75 Å². The second-order valence-corrected chi connectivity index (χ2v) is 7.63. The van der Waals surface area contributed by atoms with E-state index in [9.17, 15) is 14.7 Å². The quantitative estimate of drug-likeness (QED) is 0.370. The zero-order valence-electron chi connectivity index (χ0n) is 19.5. The van der Waals surface area contributed by atoms with E-state index in [4.69, 9.17) is 14.2 Å². The predicted molar refractivity (Wildman–Crippen MR) is 121 cm³/mol. The first-order valence-electron chi connectivity index (χ1n) is 11.4. The number of rotatable bonds is 16. The summed E-state index contributed by atoms with van der Waals surface area (Å²) < 4.78 is 16.5. The molecule has 1 rings (SSSR count). The maximum absolute atomic E-state index is 12.5. The SMILES string of the molecule is CCCCCCN(CCOc1ccc(CC(OCC)C(=O)O)cc1)C(=O)OC(C)CC. The van der Waals surface area contributed by atoms with Gasteiger partial charge in [-0.25, -0.2) is 9.59 Å². The Kier molecular flexibility index (Phi) is 13.4. The van der Waals surface area contributed by atoms with Crippen molar-refractivity contribution < 1.29 is 28.9 Å². The molecule has 0 saturated carbocycles. The number of hydrogen-bond donors (Lipinski definition) is 1. The third kappa shape index (κ3) is 11.1. The van der Waals surface area contributed by atoms with Crippen molar-refractivity contribution in [1.29, 1.82) is 0 Å². The highest BCUT2D eigenvalue weighted by atomic mass is 16.6. The maximum atomic E-state index is 12.5. The molecule has 1 aromatic carbocycles. The van der Waals surface area contributed by atoms with Gasteiger partial charge in [0.25, 0.3) is 0 Å². The average molecular weight is 438 g/mol. The molecule has 2 atom stereocenters. The highest BCUT2D eigenvalue weighted by Crippen LogP contribution is 2.15. The van der Waals surface area contributed by atoms with Gasteiger partial charge >= 0.3 is 12.1 Å². The van der Waals surface area contributed by atoms with Gasteiger partial charge in [-0.05, 0) is 44.4 Å². The summed E-state index contributed by atoms with van der Waals surface area (Å²) in [5.74, 6) is -0.293. The molecule has 0 spiro atoms. The molecule has 2 unspecified atom stereocenters. The lowest BCUT2D eigenvalue weighted by Gasteiger charge is -2.24. The first-order chi connectivity index (χ1) is 14.9. The van der Waals surface area contributed by atoms with Gasteiger partial charge in [-0.3, -0.25) is 0 Å². The number of amides is 1. The zero-order chi connectivity index (χ0) is 23.1. The number of unbranched alkanes of at least 4 members (excludes halogenated alkanes) is 3. The summed E-state index contributed by atoms with van der Waals surface area (Å²) in [4.78, 5) is 25.4. The van der Waals surface area contributed by atoms with Gasteiger partial charge in [0, 0.05) is 19.6 Å². The van der Waals surface area contributed by atoms with Gasteiger partial charge in [0.2, 0.25) is 0 Å². The van der Waals surface area contributed by atoms with Crippen LogP contribution in [0.3, 0.4) is 0 Å². The van der Waals surface area contributed by atoms with Crippen molar-refractivity contribution in [3.05, 3.63) is 29.8 Å². The molecule has 0 aliphatic carbocycles. The third-order valence-corrected chi connectivity index (χ3v) is 5.03. The zero-order valence-corrected chi connectivity index (χ0v) is 19.5. The Morgan fingerprint density at radius 1 is 1.03 bits per heavy atom. The van der Waals surface area contributed by atoms with Gasteiger partial charge in [0.15, 0.2) is 6.10 Å². The summed E-state index contributed by atoms with van der Waals surface area (Å²) in [6.07, 6.45) is 4.17. The molecule has 31 heavy (non-hydrogen) atoms. The largest absolute Gasteiger partial charge is 0.492 e. The van der Waals surface area contributed by atoms with Gasteiger partial charge in [0.1, 0.15) is 18.5 Å². The monoisotopic (exact) mass is 437 g/mol. The summed E-state index contributed by atoms with van der Waals surface area (Å²) in [7, 11) is 0. The first-order valence-corrected chi connectivity index (χ1v) is 11.4. The number of ether oxygens (including phenoxy) is 3. The Labute approximate surface area is 186 Å². The second-order valence-electron chi connectivity index (χ2n) is 7.63. The van der Waals surface area contributed by atoms with Crippen molar-refractivity contribution in [2.45, 2.75) is 78.4 Å². The number of aliphatic carboxylic acids is 1. The van der Waals surface area contributed by atoms with Crippen molar-refractivity contribution in [3.63, 3.8) is 0 Å². The molecule has 0 heterocycles. The summed E-state index contributed by atoms with van der Waals surface area (Å²) in [6.45, 7) is 9.65. The molecule has 0 aromatic heterocycles.